The molecule has 0 bridgehead atoms. The van der Waals surface area contributed by atoms with E-state index in [4.69, 9.17) is 33.2 Å². The van der Waals surface area contributed by atoms with E-state index in [1.807, 2.05) is 20.8 Å². The second-order valence-electron chi connectivity index (χ2n) is 18.6. The normalized spacial score (nSPS) is 52.8. The minimum atomic E-state index is -0.850. The van der Waals surface area contributed by atoms with E-state index >= 15 is 0 Å². The van der Waals surface area contributed by atoms with Crippen LogP contribution in [0.4, 0.5) is 0 Å². The van der Waals surface area contributed by atoms with Crippen LogP contribution in [-0.2, 0) is 38.0 Å². The highest BCUT2D eigenvalue weighted by atomic mass is 16.7. The Kier molecular flexibility index (Phi) is 12.0. The van der Waals surface area contributed by atoms with Gasteiger partial charge in [-0.1, -0.05) is 34.1 Å². The Morgan fingerprint density at radius 2 is 1.37 bits per heavy atom. The lowest BCUT2D eigenvalue weighted by Gasteiger charge is -2.60. The Morgan fingerprint density at radius 1 is 0.741 bits per heavy atom. The summed E-state index contributed by atoms with van der Waals surface area (Å²) in [6.07, 6.45) is 4.18. The maximum Gasteiger partial charge on any atom is 0.331 e. The van der Waals surface area contributed by atoms with Crippen LogP contribution in [0.3, 0.4) is 0 Å². The number of aliphatic hydroxyl groups is 4. The van der Waals surface area contributed by atoms with Crippen LogP contribution in [0.5, 0.6) is 0 Å². The summed E-state index contributed by atoms with van der Waals surface area (Å²) in [4.78, 5) is 11.9. The Balaban J connectivity index is 0.909. The molecule has 0 aromatic heterocycles. The second kappa shape index (κ2) is 15.9. The Hall–Kier alpha value is -1.19. The van der Waals surface area contributed by atoms with Crippen molar-refractivity contribution in [3.8, 4) is 0 Å². The van der Waals surface area contributed by atoms with E-state index in [9.17, 15) is 25.2 Å². The van der Waals surface area contributed by atoms with Crippen LogP contribution in [0, 0.1) is 34.5 Å². The van der Waals surface area contributed by atoms with E-state index in [1.54, 1.807) is 6.08 Å². The van der Waals surface area contributed by atoms with E-state index in [0.29, 0.717) is 31.3 Å². The maximum atomic E-state index is 12.5. The molecule has 0 aromatic rings. The molecule has 0 aromatic carbocycles. The van der Waals surface area contributed by atoms with Crippen LogP contribution < -0.4 is 0 Å². The number of carbonyl (C=O) groups is 1. The maximum absolute atomic E-state index is 12.5. The molecule has 7 aliphatic rings. The molecule has 7 rings (SSSR count). The summed E-state index contributed by atoms with van der Waals surface area (Å²) >= 11 is 0. The average molecular weight is 765 g/mol. The molecular formula is C42H68O12. The van der Waals surface area contributed by atoms with Gasteiger partial charge in [0, 0.05) is 30.8 Å². The summed E-state index contributed by atoms with van der Waals surface area (Å²) in [5.41, 5.74) is 0.0556. The van der Waals surface area contributed by atoms with Crippen LogP contribution in [0.1, 0.15) is 126 Å². The van der Waals surface area contributed by atoms with Crippen LogP contribution in [-0.4, -0.2) is 112 Å². The van der Waals surface area contributed by atoms with Gasteiger partial charge in [0.05, 0.1) is 48.3 Å². The van der Waals surface area contributed by atoms with Gasteiger partial charge in [0.15, 0.2) is 18.9 Å². The number of rotatable bonds is 9. The zero-order valence-corrected chi connectivity index (χ0v) is 33.6. The molecule has 3 saturated heterocycles. The summed E-state index contributed by atoms with van der Waals surface area (Å²) in [5.74, 6) is 0.849. The molecule has 0 spiro atoms. The largest absolute Gasteiger partial charge is 0.458 e. The molecule has 19 atom stereocenters. The van der Waals surface area contributed by atoms with Crippen molar-refractivity contribution < 1.29 is 58.4 Å². The molecule has 3 aliphatic carbocycles. The molecule has 0 amide bonds. The first kappa shape index (κ1) is 41.0. The number of cyclic esters (lactones) is 1. The first-order chi connectivity index (χ1) is 25.6. The summed E-state index contributed by atoms with van der Waals surface area (Å²) in [5, 5.41) is 44.8. The number of hydrogen-bond acceptors (Lipinski definition) is 12. The molecule has 12 nitrogen and oxygen atoms in total. The number of ether oxygens (including phenoxy) is 7. The lowest BCUT2D eigenvalue weighted by molar-refractivity contribution is -0.333. The van der Waals surface area contributed by atoms with Crippen molar-refractivity contribution in [1.29, 1.82) is 0 Å². The van der Waals surface area contributed by atoms with E-state index < -0.39 is 67.2 Å². The van der Waals surface area contributed by atoms with Crippen molar-refractivity contribution in [2.24, 2.45) is 34.5 Å². The summed E-state index contributed by atoms with van der Waals surface area (Å²) in [6, 6.07) is 0. The van der Waals surface area contributed by atoms with E-state index in [-0.39, 0.29) is 53.7 Å². The molecular weight excluding hydrogens is 696 g/mol. The third-order valence-corrected chi connectivity index (χ3v) is 15.7. The van der Waals surface area contributed by atoms with Crippen molar-refractivity contribution in [1.82, 2.24) is 0 Å². The number of fused-ring (bicyclic) bond motifs is 1. The zero-order valence-electron chi connectivity index (χ0n) is 33.6. The molecule has 4 heterocycles. The molecule has 19 unspecified atom stereocenters. The molecule has 0 radical (unpaired) electrons. The first-order valence-corrected chi connectivity index (χ1v) is 21.1. The third kappa shape index (κ3) is 7.48. The van der Waals surface area contributed by atoms with Crippen LogP contribution >= 0.6 is 0 Å². The Bertz CT molecular complexity index is 1340. The third-order valence-electron chi connectivity index (χ3n) is 15.7. The zero-order chi connectivity index (χ0) is 38.7. The highest BCUT2D eigenvalue weighted by Crippen LogP contribution is 2.67. The van der Waals surface area contributed by atoms with Gasteiger partial charge < -0.3 is 53.6 Å². The van der Waals surface area contributed by atoms with Crippen LogP contribution in [0.25, 0.3) is 0 Å². The van der Waals surface area contributed by atoms with E-state index in [1.165, 1.54) is 0 Å². The number of hydrogen-bond donors (Lipinski definition) is 4. The first-order valence-electron chi connectivity index (χ1n) is 21.1. The van der Waals surface area contributed by atoms with Gasteiger partial charge in [-0.15, -0.1) is 0 Å². The molecule has 3 saturated carbocycles. The standard InChI is InChI=1S/C42H68O12/c1-8-27-18-28(11-14-40(27,6)29-12-15-41(7)30(26-17-34(46)48-21-26)13-16-42(41,47)22(29)2)52-36-19-32(44)39(25(5)50-36)54-37-20-33(45)38(24(4)51-37)53-35-10-9-31(43)23(3)49-35/h17,22-25,27-33,35-39,43-45,47H,8-16,18-21H2,1-7H3. The SMILES string of the molecule is CCC1CC(OC2CC(O)C(OC3CC(O)C(OC4CCC(O)C(C)O4)C(C)O3)C(C)O2)CCC1(C)C1CCC2(C)C(C3=CC(=O)OC3)CCC2(O)C1C. The van der Waals surface area contributed by atoms with Gasteiger partial charge in [0.2, 0.25) is 0 Å². The van der Waals surface area contributed by atoms with Gasteiger partial charge in [0.1, 0.15) is 18.8 Å². The Morgan fingerprint density at radius 3 is 1.96 bits per heavy atom. The summed E-state index contributed by atoms with van der Waals surface area (Å²) in [6.45, 7) is 15.1. The molecule has 12 heteroatoms. The molecule has 308 valence electrons. The van der Waals surface area contributed by atoms with Crippen molar-refractivity contribution in [3.63, 3.8) is 0 Å². The van der Waals surface area contributed by atoms with Crippen molar-refractivity contribution >= 4 is 5.97 Å². The predicted molar refractivity (Wildman–Crippen MR) is 197 cm³/mol. The quantitative estimate of drug-likeness (QED) is 0.235. The number of carbonyl (C=O) groups excluding carboxylic acids is 1. The highest BCUT2D eigenvalue weighted by Gasteiger charge is 2.65. The lowest BCUT2D eigenvalue weighted by Crippen LogP contribution is -2.59. The fourth-order valence-corrected chi connectivity index (χ4v) is 12.4. The lowest BCUT2D eigenvalue weighted by atomic mass is 9.47. The number of esters is 1. The fourth-order valence-electron chi connectivity index (χ4n) is 12.4. The second-order valence-corrected chi connectivity index (χ2v) is 18.6. The van der Waals surface area contributed by atoms with Gasteiger partial charge in [-0.05, 0) is 107 Å². The summed E-state index contributed by atoms with van der Waals surface area (Å²) in [7, 11) is 0. The minimum Gasteiger partial charge on any atom is -0.458 e. The predicted octanol–water partition coefficient (Wildman–Crippen LogP) is 4.91. The fraction of sp³-hybridized carbons (Fsp3) is 0.929. The van der Waals surface area contributed by atoms with Gasteiger partial charge in [-0.25, -0.2) is 4.79 Å². The van der Waals surface area contributed by atoms with Crippen molar-refractivity contribution in [2.45, 2.75) is 205 Å². The smallest absolute Gasteiger partial charge is 0.331 e. The molecule has 4 aliphatic heterocycles. The van der Waals surface area contributed by atoms with E-state index in [2.05, 4.69) is 27.7 Å². The summed E-state index contributed by atoms with van der Waals surface area (Å²) < 4.78 is 42.5. The van der Waals surface area contributed by atoms with Gasteiger partial charge in [0.25, 0.3) is 0 Å². The highest BCUT2D eigenvalue weighted by molar-refractivity contribution is 5.85. The molecule has 6 fully saturated rings. The topological polar surface area (TPSA) is 163 Å². The minimum absolute atomic E-state index is 0.00819. The molecule has 4 N–H and O–H groups in total. The van der Waals surface area contributed by atoms with Crippen molar-refractivity contribution in [3.05, 3.63) is 11.6 Å². The monoisotopic (exact) mass is 764 g/mol. The number of aliphatic hydroxyl groups excluding tert-OH is 3. The molecule has 54 heavy (non-hydrogen) atoms. The van der Waals surface area contributed by atoms with Gasteiger partial charge in [-0.2, -0.15) is 0 Å². The van der Waals surface area contributed by atoms with Crippen molar-refractivity contribution in [2.75, 3.05) is 6.61 Å². The van der Waals surface area contributed by atoms with E-state index in [0.717, 1.165) is 56.9 Å². The Labute approximate surface area is 321 Å². The van der Waals surface area contributed by atoms with Gasteiger partial charge in [-0.3, -0.25) is 0 Å². The average Bonchev–Trinajstić information content (AvgIpc) is 3.67. The van der Waals surface area contributed by atoms with Crippen LogP contribution in [0.2, 0.25) is 0 Å². The van der Waals surface area contributed by atoms with Gasteiger partial charge >= 0.3 is 5.97 Å². The van der Waals surface area contributed by atoms with Crippen LogP contribution in [0.15, 0.2) is 11.6 Å².